The van der Waals surface area contributed by atoms with Gasteiger partial charge in [-0.15, -0.1) is 0 Å². The molecule has 0 saturated carbocycles. The maximum Gasteiger partial charge on any atom is 0.325 e. The third kappa shape index (κ3) is 10.9. The molecule has 0 aliphatic rings. The zero-order chi connectivity index (χ0) is 19.8. The molecule has 2 N–H and O–H groups in total. The molecule has 0 atom stereocenters. The molecule has 26 heavy (non-hydrogen) atoms. The van der Waals surface area contributed by atoms with Gasteiger partial charge in [0.2, 0.25) is 5.82 Å². The molecular weight excluding hydrogens is 350 g/mol. The van der Waals surface area contributed by atoms with Gasteiger partial charge in [-0.3, -0.25) is 9.78 Å². The van der Waals surface area contributed by atoms with Gasteiger partial charge in [0.15, 0.2) is 0 Å². The summed E-state index contributed by atoms with van der Waals surface area (Å²) in [6.07, 6.45) is 18.8. The van der Waals surface area contributed by atoms with Crippen LogP contribution in [0.3, 0.4) is 0 Å². The minimum Gasteiger partial charge on any atom is -0.311 e. The van der Waals surface area contributed by atoms with E-state index in [9.17, 15) is 14.0 Å². The largest absolute Gasteiger partial charge is 0.325 e. The Kier molecular flexibility index (Phi) is 14.6. The standard InChI is InChI=1S/C16H37P.C4H3FN2O2/c1-5-9-13-17(14-10-6-2,15-11-7-3)16-12-8-4;5-2-1-6-4(9)7-3(2)8/h17H,5-16H2,1-4H3;1H,(H2,6,7,8,9). The minimum absolute atomic E-state index is 0.707. The Morgan fingerprint density at radius 3 is 1.46 bits per heavy atom. The zero-order valence-corrected chi connectivity index (χ0v) is 18.3. The Morgan fingerprint density at radius 1 is 0.808 bits per heavy atom. The second kappa shape index (κ2) is 15.1. The van der Waals surface area contributed by atoms with Crippen LogP contribution >= 0.6 is 7.26 Å². The smallest absolute Gasteiger partial charge is 0.311 e. The van der Waals surface area contributed by atoms with Crippen molar-refractivity contribution in [2.24, 2.45) is 0 Å². The number of H-pyrrole nitrogens is 2. The Hall–Kier alpha value is -0.960. The number of unbranched alkanes of at least 4 members (excludes halogenated alkanes) is 4. The van der Waals surface area contributed by atoms with Gasteiger partial charge in [0.05, 0.1) is 0 Å². The van der Waals surface area contributed by atoms with Crippen molar-refractivity contribution in [2.45, 2.75) is 79.1 Å². The molecule has 0 unspecified atom stereocenters. The fourth-order valence-electron chi connectivity index (χ4n) is 3.35. The summed E-state index contributed by atoms with van der Waals surface area (Å²) in [5.41, 5.74) is -1.71. The number of nitrogens with one attached hydrogen (secondary N) is 2. The molecule has 1 rings (SSSR count). The van der Waals surface area contributed by atoms with Crippen molar-refractivity contribution in [1.29, 1.82) is 0 Å². The topological polar surface area (TPSA) is 65.7 Å². The van der Waals surface area contributed by atoms with E-state index in [-0.39, 0.29) is 0 Å². The van der Waals surface area contributed by atoms with E-state index in [4.69, 9.17) is 0 Å². The quantitative estimate of drug-likeness (QED) is 0.485. The maximum absolute atomic E-state index is 12.0. The van der Waals surface area contributed by atoms with Crippen LogP contribution in [0.25, 0.3) is 0 Å². The van der Waals surface area contributed by atoms with Gasteiger partial charge >= 0.3 is 117 Å². The monoisotopic (exact) mass is 390 g/mol. The number of hydrogen-bond donors (Lipinski definition) is 2. The molecule has 1 aromatic rings. The molecule has 4 nitrogen and oxygen atoms in total. The number of rotatable bonds is 12. The van der Waals surface area contributed by atoms with E-state index in [0.717, 1.165) is 0 Å². The normalized spacial score (nSPS) is 11.7. The molecule has 1 heterocycles. The van der Waals surface area contributed by atoms with Crippen LogP contribution in [0.4, 0.5) is 4.39 Å². The summed E-state index contributed by atoms with van der Waals surface area (Å²) in [4.78, 5) is 24.0. The average Bonchev–Trinajstić information content (AvgIpc) is 2.64. The van der Waals surface area contributed by atoms with Crippen LogP contribution in [0.15, 0.2) is 15.8 Å². The number of aromatic nitrogens is 2. The summed E-state index contributed by atoms with van der Waals surface area (Å²) >= 11 is 0. The van der Waals surface area contributed by atoms with Gasteiger partial charge in [-0.2, -0.15) is 4.39 Å². The summed E-state index contributed by atoms with van der Waals surface area (Å²) in [6, 6.07) is 0. The first-order chi connectivity index (χ1) is 12.4. The molecular formula is C20H40FN2O2P. The van der Waals surface area contributed by atoms with Crippen LogP contribution in [0.5, 0.6) is 0 Å². The fourth-order valence-corrected chi connectivity index (χ4v) is 9.26. The third-order valence-electron chi connectivity index (χ3n) is 5.02. The van der Waals surface area contributed by atoms with E-state index in [1.165, 1.54) is 51.4 Å². The third-order valence-corrected chi connectivity index (χ3v) is 10.7. The Balaban J connectivity index is 0.000000577. The van der Waals surface area contributed by atoms with Crippen LogP contribution < -0.4 is 11.2 Å². The van der Waals surface area contributed by atoms with E-state index in [0.29, 0.717) is 6.20 Å². The van der Waals surface area contributed by atoms with Gasteiger partial charge in [0.1, 0.15) is 0 Å². The first-order valence-electron chi connectivity index (χ1n) is 10.4. The van der Waals surface area contributed by atoms with Crippen LogP contribution in [0.1, 0.15) is 79.1 Å². The summed E-state index contributed by atoms with van der Waals surface area (Å²) in [7, 11) is -0.879. The molecule has 0 aliphatic heterocycles. The molecule has 6 heteroatoms. The first-order valence-corrected chi connectivity index (χ1v) is 13.2. The summed E-state index contributed by atoms with van der Waals surface area (Å²) in [5, 5.41) is 0. The SMILES string of the molecule is CCCC[PH](CCCC)(CCCC)CCCC.O=c1[nH]cc(F)c(=O)[nH]1. The van der Waals surface area contributed by atoms with E-state index in [2.05, 4.69) is 27.7 Å². The van der Waals surface area contributed by atoms with E-state index in [1.54, 1.807) is 29.6 Å². The maximum atomic E-state index is 12.0. The van der Waals surface area contributed by atoms with Crippen LogP contribution in [0.2, 0.25) is 0 Å². The molecule has 0 amide bonds. The van der Waals surface area contributed by atoms with Crippen molar-refractivity contribution in [1.82, 2.24) is 9.97 Å². The molecule has 0 aromatic carbocycles. The Morgan fingerprint density at radius 2 is 1.19 bits per heavy atom. The average molecular weight is 391 g/mol. The number of aromatic amines is 2. The van der Waals surface area contributed by atoms with E-state index in [1.807, 2.05) is 4.98 Å². The fraction of sp³-hybridized carbons (Fsp3) is 0.800. The van der Waals surface area contributed by atoms with Gasteiger partial charge in [-0.1, -0.05) is 0 Å². The second-order valence-corrected chi connectivity index (χ2v) is 12.3. The van der Waals surface area contributed by atoms with Crippen LogP contribution in [-0.4, -0.2) is 34.6 Å². The molecule has 0 saturated heterocycles. The van der Waals surface area contributed by atoms with Crippen molar-refractivity contribution in [3.63, 3.8) is 0 Å². The molecule has 0 spiro atoms. The molecule has 0 bridgehead atoms. The summed E-state index contributed by atoms with van der Waals surface area (Å²) in [6.45, 7) is 9.44. The van der Waals surface area contributed by atoms with Gasteiger partial charge in [0, 0.05) is 6.20 Å². The molecule has 1 aromatic heterocycles. The molecule has 0 fully saturated rings. The van der Waals surface area contributed by atoms with Crippen molar-refractivity contribution in [3.05, 3.63) is 32.9 Å². The van der Waals surface area contributed by atoms with Gasteiger partial charge < -0.3 is 4.98 Å². The van der Waals surface area contributed by atoms with Crippen molar-refractivity contribution >= 4 is 7.26 Å². The molecule has 154 valence electrons. The molecule has 0 aliphatic carbocycles. The van der Waals surface area contributed by atoms with Gasteiger partial charge in [0.25, 0.3) is 5.56 Å². The first kappa shape index (κ1) is 25.0. The predicted octanol–water partition coefficient (Wildman–Crippen LogP) is 5.14. The van der Waals surface area contributed by atoms with E-state index < -0.39 is 24.3 Å². The van der Waals surface area contributed by atoms with Crippen LogP contribution in [0, 0.1) is 5.82 Å². The van der Waals surface area contributed by atoms with Crippen molar-refractivity contribution in [2.75, 3.05) is 24.6 Å². The van der Waals surface area contributed by atoms with Crippen molar-refractivity contribution < 1.29 is 4.39 Å². The Bertz CT molecular complexity index is 534. The van der Waals surface area contributed by atoms with Gasteiger partial charge in [-0.05, 0) is 0 Å². The second-order valence-electron chi connectivity index (χ2n) is 7.33. The van der Waals surface area contributed by atoms with Crippen molar-refractivity contribution in [3.8, 4) is 0 Å². The minimum atomic E-state index is -1.00. The number of hydrogen-bond acceptors (Lipinski definition) is 2. The zero-order valence-electron chi connectivity index (χ0n) is 17.3. The molecule has 0 radical (unpaired) electrons. The van der Waals surface area contributed by atoms with Crippen LogP contribution in [-0.2, 0) is 0 Å². The van der Waals surface area contributed by atoms with E-state index >= 15 is 0 Å². The summed E-state index contributed by atoms with van der Waals surface area (Å²) in [5.74, 6) is -0.991. The Labute approximate surface area is 158 Å². The summed E-state index contributed by atoms with van der Waals surface area (Å²) < 4.78 is 12.0. The predicted molar refractivity (Wildman–Crippen MR) is 115 cm³/mol. The number of halogens is 1. The van der Waals surface area contributed by atoms with Gasteiger partial charge in [-0.25, -0.2) is 4.79 Å².